The molecule has 0 aromatic rings. The summed E-state index contributed by atoms with van der Waals surface area (Å²) in [5.41, 5.74) is 0. The van der Waals surface area contributed by atoms with Gasteiger partial charge in [-0.1, -0.05) is 0 Å². The molecular weight excluding hydrogens is 270 g/mol. The van der Waals surface area contributed by atoms with Gasteiger partial charge in [0.1, 0.15) is 0 Å². The molecule has 2 bridgehead atoms. The van der Waals surface area contributed by atoms with E-state index in [1.54, 1.807) is 0 Å². The van der Waals surface area contributed by atoms with Gasteiger partial charge in [0.15, 0.2) is 0 Å². The van der Waals surface area contributed by atoms with Crippen LogP contribution in [0.1, 0.15) is 32.6 Å². The molecule has 0 aromatic heterocycles. The van der Waals surface area contributed by atoms with Gasteiger partial charge in [0.25, 0.3) is 0 Å². The van der Waals surface area contributed by atoms with Crippen LogP contribution in [-0.2, 0) is 4.79 Å². The molecule has 6 nitrogen and oxygen atoms in total. The van der Waals surface area contributed by atoms with Crippen LogP contribution in [0.15, 0.2) is 0 Å². The van der Waals surface area contributed by atoms with E-state index < -0.39 is 5.97 Å². The lowest BCUT2D eigenvalue weighted by Gasteiger charge is -2.34. The Kier molecular flexibility index (Phi) is 3.82. The quantitative estimate of drug-likeness (QED) is 0.786. The molecule has 0 saturated carbocycles. The van der Waals surface area contributed by atoms with Gasteiger partial charge >= 0.3 is 12.0 Å². The number of carboxylic acid groups (broad SMARTS) is 1. The molecule has 3 fully saturated rings. The summed E-state index contributed by atoms with van der Waals surface area (Å²) in [5, 5.41) is 9.32. The second-order valence-corrected chi connectivity index (χ2v) is 6.83. The Morgan fingerprint density at radius 3 is 2.62 bits per heavy atom. The Bertz CT molecular complexity index is 442. The monoisotopic (exact) mass is 295 g/mol. The van der Waals surface area contributed by atoms with Crippen molar-refractivity contribution in [1.82, 2.24) is 14.7 Å². The Balaban J connectivity index is 1.75. The summed E-state index contributed by atoms with van der Waals surface area (Å²) >= 11 is 0. The number of carboxylic acids is 1. The van der Waals surface area contributed by atoms with Gasteiger partial charge in [-0.25, -0.2) is 4.79 Å². The second-order valence-electron chi connectivity index (χ2n) is 6.83. The molecule has 2 amide bonds. The number of hydrogen-bond donors (Lipinski definition) is 1. The molecule has 3 aliphatic rings. The van der Waals surface area contributed by atoms with Crippen molar-refractivity contribution in [2.75, 3.05) is 26.7 Å². The zero-order valence-electron chi connectivity index (χ0n) is 12.9. The Morgan fingerprint density at radius 1 is 1.19 bits per heavy atom. The molecule has 118 valence electrons. The summed E-state index contributed by atoms with van der Waals surface area (Å²) in [6.07, 6.45) is 3.42. The van der Waals surface area contributed by atoms with Gasteiger partial charge < -0.3 is 19.8 Å². The summed E-state index contributed by atoms with van der Waals surface area (Å²) in [6.45, 7) is 4.76. The first-order valence-electron chi connectivity index (χ1n) is 7.99. The molecule has 3 heterocycles. The van der Waals surface area contributed by atoms with E-state index in [1.165, 1.54) is 0 Å². The predicted octanol–water partition coefficient (Wildman–Crippen LogP) is 1.07. The van der Waals surface area contributed by atoms with E-state index in [9.17, 15) is 14.7 Å². The van der Waals surface area contributed by atoms with Crippen LogP contribution in [0.25, 0.3) is 0 Å². The van der Waals surface area contributed by atoms with E-state index in [2.05, 4.69) is 18.9 Å². The van der Waals surface area contributed by atoms with Gasteiger partial charge in [-0.15, -0.1) is 0 Å². The lowest BCUT2D eigenvalue weighted by molar-refractivity contribution is -0.142. The van der Waals surface area contributed by atoms with E-state index in [0.29, 0.717) is 6.42 Å². The fourth-order valence-corrected chi connectivity index (χ4v) is 4.36. The van der Waals surface area contributed by atoms with Crippen LogP contribution in [0.3, 0.4) is 0 Å². The molecule has 0 aliphatic carbocycles. The summed E-state index contributed by atoms with van der Waals surface area (Å²) < 4.78 is 0. The van der Waals surface area contributed by atoms with Gasteiger partial charge in [0.2, 0.25) is 0 Å². The maximum atomic E-state index is 12.9. The van der Waals surface area contributed by atoms with Crippen LogP contribution in [0, 0.1) is 5.92 Å². The first-order valence-corrected chi connectivity index (χ1v) is 7.99. The van der Waals surface area contributed by atoms with Crippen molar-refractivity contribution in [3.8, 4) is 0 Å². The van der Waals surface area contributed by atoms with Gasteiger partial charge in [-0.05, 0) is 46.2 Å². The van der Waals surface area contributed by atoms with Crippen LogP contribution in [0.4, 0.5) is 4.79 Å². The number of carbonyl (C=O) groups is 2. The normalized spacial score (nSPS) is 36.9. The minimum atomic E-state index is -0.747. The van der Waals surface area contributed by atoms with Gasteiger partial charge in [0.05, 0.1) is 5.92 Å². The SMILES string of the molecule is CC1CN(C)CCCN1C(=O)N1C2CCC1C(C(=O)O)C2. The highest BCUT2D eigenvalue weighted by Gasteiger charge is 2.52. The largest absolute Gasteiger partial charge is 0.481 e. The number of fused-ring (bicyclic) bond motifs is 2. The molecule has 3 aliphatic heterocycles. The average Bonchev–Trinajstić information content (AvgIpc) is 2.95. The molecule has 6 heteroatoms. The zero-order chi connectivity index (χ0) is 15.1. The third-order valence-electron chi connectivity index (χ3n) is 5.37. The third-order valence-corrected chi connectivity index (χ3v) is 5.37. The second kappa shape index (κ2) is 5.48. The highest BCUT2D eigenvalue weighted by Crippen LogP contribution is 2.42. The highest BCUT2D eigenvalue weighted by molar-refractivity contribution is 5.79. The fraction of sp³-hybridized carbons (Fsp3) is 0.867. The van der Waals surface area contributed by atoms with Crippen molar-refractivity contribution in [3.63, 3.8) is 0 Å². The number of carbonyl (C=O) groups excluding carboxylic acids is 1. The molecule has 0 spiro atoms. The molecule has 4 unspecified atom stereocenters. The molecular formula is C15H25N3O3. The summed E-state index contributed by atoms with van der Waals surface area (Å²) in [4.78, 5) is 30.4. The number of amides is 2. The summed E-state index contributed by atoms with van der Waals surface area (Å²) in [5.74, 6) is -1.11. The maximum absolute atomic E-state index is 12.9. The maximum Gasteiger partial charge on any atom is 0.320 e. The molecule has 3 rings (SSSR count). The topological polar surface area (TPSA) is 64.1 Å². The molecule has 3 saturated heterocycles. The number of urea groups is 1. The van der Waals surface area contributed by atoms with Crippen molar-refractivity contribution < 1.29 is 14.7 Å². The number of aliphatic carboxylic acids is 1. The molecule has 4 atom stereocenters. The Morgan fingerprint density at radius 2 is 1.95 bits per heavy atom. The third kappa shape index (κ3) is 2.50. The standard InChI is InChI=1S/C15H25N3O3/c1-10-9-16(2)6-3-7-17(10)15(21)18-11-4-5-13(18)12(8-11)14(19)20/h10-13H,3-9H2,1-2H3,(H,19,20). The van der Waals surface area contributed by atoms with Crippen molar-refractivity contribution in [2.45, 2.75) is 50.7 Å². The molecule has 0 radical (unpaired) electrons. The number of nitrogens with zero attached hydrogens (tertiary/aromatic N) is 3. The van der Waals surface area contributed by atoms with Crippen molar-refractivity contribution in [1.29, 1.82) is 0 Å². The van der Waals surface area contributed by atoms with Gasteiger partial charge in [-0.3, -0.25) is 4.79 Å². The molecule has 0 aromatic carbocycles. The Labute approximate surface area is 125 Å². The fourth-order valence-electron chi connectivity index (χ4n) is 4.36. The van der Waals surface area contributed by atoms with Crippen LogP contribution in [-0.4, -0.2) is 76.6 Å². The minimum Gasteiger partial charge on any atom is -0.481 e. The first-order chi connectivity index (χ1) is 9.99. The highest BCUT2D eigenvalue weighted by atomic mass is 16.4. The van der Waals surface area contributed by atoms with E-state index >= 15 is 0 Å². The average molecular weight is 295 g/mol. The molecule has 21 heavy (non-hydrogen) atoms. The van der Waals surface area contributed by atoms with E-state index in [-0.39, 0.29) is 30.1 Å². The molecule has 1 N–H and O–H groups in total. The summed E-state index contributed by atoms with van der Waals surface area (Å²) in [6, 6.07) is 0.298. The van der Waals surface area contributed by atoms with Crippen molar-refractivity contribution in [2.24, 2.45) is 5.92 Å². The van der Waals surface area contributed by atoms with E-state index in [4.69, 9.17) is 0 Å². The lowest BCUT2D eigenvalue weighted by Crippen LogP contribution is -2.51. The van der Waals surface area contributed by atoms with E-state index in [1.807, 2.05) is 9.80 Å². The van der Waals surface area contributed by atoms with Crippen molar-refractivity contribution in [3.05, 3.63) is 0 Å². The van der Waals surface area contributed by atoms with Crippen LogP contribution in [0.5, 0.6) is 0 Å². The smallest absolute Gasteiger partial charge is 0.320 e. The van der Waals surface area contributed by atoms with Crippen LogP contribution >= 0.6 is 0 Å². The lowest BCUT2D eigenvalue weighted by atomic mass is 9.89. The number of hydrogen-bond acceptors (Lipinski definition) is 3. The number of likely N-dealkylation sites (N-methyl/N-ethyl adjacent to an activating group) is 1. The Hall–Kier alpha value is -1.30. The van der Waals surface area contributed by atoms with Crippen molar-refractivity contribution >= 4 is 12.0 Å². The first kappa shape index (κ1) is 14.6. The number of rotatable bonds is 1. The zero-order valence-corrected chi connectivity index (χ0v) is 12.9. The van der Waals surface area contributed by atoms with Crippen LogP contribution in [0.2, 0.25) is 0 Å². The van der Waals surface area contributed by atoms with E-state index in [0.717, 1.165) is 38.9 Å². The summed E-state index contributed by atoms with van der Waals surface area (Å²) in [7, 11) is 2.09. The minimum absolute atomic E-state index is 0.0639. The van der Waals surface area contributed by atoms with Crippen LogP contribution < -0.4 is 0 Å². The van der Waals surface area contributed by atoms with Gasteiger partial charge in [-0.2, -0.15) is 0 Å². The predicted molar refractivity (Wildman–Crippen MR) is 78.1 cm³/mol. The van der Waals surface area contributed by atoms with Gasteiger partial charge in [0, 0.05) is 31.2 Å².